The maximum atomic E-state index is 13.7. The van der Waals surface area contributed by atoms with Crippen molar-refractivity contribution in [1.29, 1.82) is 0 Å². The van der Waals surface area contributed by atoms with Crippen LogP contribution in [-0.4, -0.2) is 42.0 Å². The molecule has 0 unspecified atom stereocenters. The number of ether oxygens (including phenoxy) is 2. The lowest BCUT2D eigenvalue weighted by molar-refractivity contribution is -0.143. The van der Waals surface area contributed by atoms with Crippen LogP contribution in [0.3, 0.4) is 0 Å². The van der Waals surface area contributed by atoms with Crippen molar-refractivity contribution in [2.24, 2.45) is 0 Å². The van der Waals surface area contributed by atoms with Crippen LogP contribution in [0.25, 0.3) is 0 Å². The van der Waals surface area contributed by atoms with Gasteiger partial charge in [-0.1, -0.05) is 61.5 Å². The number of hydrogen-bond donors (Lipinski definition) is 1. The number of amides is 2. The van der Waals surface area contributed by atoms with Crippen LogP contribution in [0.4, 0.5) is 0 Å². The minimum Gasteiger partial charge on any atom is -0.497 e. The van der Waals surface area contributed by atoms with Gasteiger partial charge >= 0.3 is 0 Å². The molecule has 3 aromatic rings. The van der Waals surface area contributed by atoms with Crippen LogP contribution in [0.5, 0.6) is 11.5 Å². The Labute approximate surface area is 220 Å². The van der Waals surface area contributed by atoms with Gasteiger partial charge in [-0.3, -0.25) is 9.59 Å². The molecule has 6 nitrogen and oxygen atoms in total. The summed E-state index contributed by atoms with van der Waals surface area (Å²) in [4.78, 5) is 28.9. The average molecular weight is 503 g/mol. The average Bonchev–Trinajstić information content (AvgIpc) is 2.89. The van der Waals surface area contributed by atoms with Crippen molar-refractivity contribution in [3.05, 3.63) is 95.6 Å². The van der Waals surface area contributed by atoms with Crippen LogP contribution in [0, 0.1) is 0 Å². The number of nitrogens with zero attached hydrogens (tertiary/aromatic N) is 1. The first-order valence-corrected chi connectivity index (χ1v) is 12.7. The number of rotatable bonds is 11. The van der Waals surface area contributed by atoms with E-state index in [0.717, 1.165) is 17.5 Å². The number of hydrogen-bond acceptors (Lipinski definition) is 4. The van der Waals surface area contributed by atoms with Gasteiger partial charge in [0.25, 0.3) is 5.91 Å². The molecule has 0 heterocycles. The molecule has 3 rings (SSSR count). The molecule has 0 saturated carbocycles. The highest BCUT2D eigenvalue weighted by atomic mass is 16.5. The van der Waals surface area contributed by atoms with Gasteiger partial charge in [-0.15, -0.1) is 0 Å². The van der Waals surface area contributed by atoms with Crippen LogP contribution in [0.15, 0.2) is 78.9 Å². The van der Waals surface area contributed by atoms with Gasteiger partial charge in [0.1, 0.15) is 17.5 Å². The first-order valence-electron chi connectivity index (χ1n) is 12.7. The van der Waals surface area contributed by atoms with E-state index in [0.29, 0.717) is 17.9 Å². The standard InChI is InChI=1S/C31H38N2O4/c1-6-23-15-17-26(18-16-23)37-22-29(34)33(21-25-13-10-14-27(19-25)36-5)28(30(35)32-31(2,3)4)20-24-11-8-7-9-12-24/h7-19,28H,6,20-22H2,1-5H3,(H,32,35)/t28-/m0/s1. The summed E-state index contributed by atoms with van der Waals surface area (Å²) in [5.41, 5.74) is 2.58. The summed E-state index contributed by atoms with van der Waals surface area (Å²) in [5.74, 6) is 0.828. The summed E-state index contributed by atoms with van der Waals surface area (Å²) in [7, 11) is 1.61. The molecule has 0 aliphatic carbocycles. The highest BCUT2D eigenvalue weighted by Crippen LogP contribution is 2.20. The van der Waals surface area contributed by atoms with Gasteiger partial charge in [-0.25, -0.2) is 0 Å². The Morgan fingerprint density at radius 3 is 2.16 bits per heavy atom. The van der Waals surface area contributed by atoms with Crippen molar-refractivity contribution < 1.29 is 19.1 Å². The number of methoxy groups -OCH3 is 1. The lowest BCUT2D eigenvalue weighted by atomic mass is 10.0. The molecule has 0 aliphatic rings. The molecule has 0 aliphatic heterocycles. The van der Waals surface area contributed by atoms with Crippen molar-refractivity contribution in [2.45, 2.75) is 58.7 Å². The van der Waals surface area contributed by atoms with Crippen molar-refractivity contribution in [2.75, 3.05) is 13.7 Å². The Morgan fingerprint density at radius 1 is 0.865 bits per heavy atom. The van der Waals surface area contributed by atoms with Crippen LogP contribution in [-0.2, 0) is 29.0 Å². The molecule has 0 radical (unpaired) electrons. The van der Waals surface area contributed by atoms with E-state index in [1.54, 1.807) is 12.0 Å². The van der Waals surface area contributed by atoms with Crippen molar-refractivity contribution in [3.63, 3.8) is 0 Å². The van der Waals surface area contributed by atoms with E-state index < -0.39 is 11.6 Å². The molecular weight excluding hydrogens is 464 g/mol. The molecule has 0 spiro atoms. The maximum absolute atomic E-state index is 13.7. The molecule has 196 valence electrons. The second kappa shape index (κ2) is 12.9. The zero-order chi connectivity index (χ0) is 26.8. The molecular formula is C31H38N2O4. The third kappa shape index (κ3) is 8.67. The molecule has 0 fully saturated rings. The Kier molecular flexibility index (Phi) is 9.72. The Bertz CT molecular complexity index is 1150. The van der Waals surface area contributed by atoms with Crippen LogP contribution in [0.2, 0.25) is 0 Å². The van der Waals surface area contributed by atoms with Crippen molar-refractivity contribution in [1.82, 2.24) is 10.2 Å². The Hall–Kier alpha value is -3.80. The summed E-state index contributed by atoms with van der Waals surface area (Å²) in [6.07, 6.45) is 1.31. The molecule has 0 bridgehead atoms. The highest BCUT2D eigenvalue weighted by Gasteiger charge is 2.32. The quantitative estimate of drug-likeness (QED) is 0.392. The van der Waals surface area contributed by atoms with Crippen LogP contribution in [0.1, 0.15) is 44.4 Å². The van der Waals surface area contributed by atoms with Crippen LogP contribution < -0.4 is 14.8 Å². The van der Waals surface area contributed by atoms with E-state index in [-0.39, 0.29) is 25.0 Å². The van der Waals surface area contributed by atoms with E-state index >= 15 is 0 Å². The van der Waals surface area contributed by atoms with Gasteiger partial charge in [0, 0.05) is 18.5 Å². The molecule has 0 aromatic heterocycles. The fourth-order valence-electron chi connectivity index (χ4n) is 4.02. The van der Waals surface area contributed by atoms with Gasteiger partial charge in [0.05, 0.1) is 7.11 Å². The number of carbonyl (C=O) groups is 2. The largest absolute Gasteiger partial charge is 0.497 e. The predicted octanol–water partition coefficient (Wildman–Crippen LogP) is 5.19. The summed E-state index contributed by atoms with van der Waals surface area (Å²) in [6.45, 7) is 7.95. The number of nitrogens with one attached hydrogen (secondary N) is 1. The summed E-state index contributed by atoms with van der Waals surface area (Å²) >= 11 is 0. The number of aryl methyl sites for hydroxylation is 1. The van der Waals surface area contributed by atoms with Gasteiger partial charge in [0.15, 0.2) is 6.61 Å². The highest BCUT2D eigenvalue weighted by molar-refractivity contribution is 5.89. The third-order valence-electron chi connectivity index (χ3n) is 5.95. The summed E-state index contributed by atoms with van der Waals surface area (Å²) in [5, 5.41) is 3.07. The second-order valence-corrected chi connectivity index (χ2v) is 10.1. The topological polar surface area (TPSA) is 67.9 Å². The maximum Gasteiger partial charge on any atom is 0.261 e. The van der Waals surface area contributed by atoms with Crippen LogP contribution >= 0.6 is 0 Å². The first-order chi connectivity index (χ1) is 17.7. The Balaban J connectivity index is 1.92. The molecule has 3 aromatic carbocycles. The molecule has 1 atom stereocenters. The fourth-order valence-corrected chi connectivity index (χ4v) is 4.02. The minimum absolute atomic E-state index is 0.177. The van der Waals surface area contributed by atoms with E-state index in [1.165, 1.54) is 5.56 Å². The minimum atomic E-state index is -0.730. The fraction of sp³-hybridized carbons (Fsp3) is 0.355. The Morgan fingerprint density at radius 2 is 1.54 bits per heavy atom. The number of benzene rings is 3. The van der Waals surface area contributed by atoms with Crippen molar-refractivity contribution in [3.8, 4) is 11.5 Å². The van der Waals surface area contributed by atoms with E-state index in [9.17, 15) is 9.59 Å². The molecule has 2 amide bonds. The number of carbonyl (C=O) groups excluding carboxylic acids is 2. The smallest absolute Gasteiger partial charge is 0.261 e. The lowest BCUT2D eigenvalue weighted by Crippen LogP contribution is -2.55. The molecule has 1 N–H and O–H groups in total. The molecule has 6 heteroatoms. The molecule has 0 saturated heterocycles. The molecule has 37 heavy (non-hydrogen) atoms. The zero-order valence-electron chi connectivity index (χ0n) is 22.5. The second-order valence-electron chi connectivity index (χ2n) is 10.1. The van der Waals surface area contributed by atoms with Gasteiger partial charge in [-0.05, 0) is 68.1 Å². The third-order valence-corrected chi connectivity index (χ3v) is 5.95. The predicted molar refractivity (Wildman–Crippen MR) is 147 cm³/mol. The normalized spacial score (nSPS) is 11.9. The lowest BCUT2D eigenvalue weighted by Gasteiger charge is -2.33. The van der Waals surface area contributed by atoms with Gasteiger partial charge < -0.3 is 19.7 Å². The zero-order valence-corrected chi connectivity index (χ0v) is 22.5. The first kappa shape index (κ1) is 27.8. The monoisotopic (exact) mass is 502 g/mol. The van der Waals surface area contributed by atoms with E-state index in [2.05, 4.69) is 12.2 Å². The summed E-state index contributed by atoms with van der Waals surface area (Å²) in [6, 6.07) is 24.3. The van der Waals surface area contributed by atoms with Gasteiger partial charge in [-0.2, -0.15) is 0 Å². The van der Waals surface area contributed by atoms with Crippen molar-refractivity contribution >= 4 is 11.8 Å². The SMILES string of the molecule is CCc1ccc(OCC(=O)N(Cc2cccc(OC)c2)[C@@H](Cc2ccccc2)C(=O)NC(C)(C)C)cc1. The van der Waals surface area contributed by atoms with E-state index in [1.807, 2.05) is 99.6 Å². The summed E-state index contributed by atoms with van der Waals surface area (Å²) < 4.78 is 11.2. The van der Waals surface area contributed by atoms with Gasteiger partial charge in [0.2, 0.25) is 5.91 Å². The van der Waals surface area contributed by atoms with E-state index in [4.69, 9.17) is 9.47 Å².